The highest BCUT2D eigenvalue weighted by Crippen LogP contribution is 2.46. The molecule has 1 heterocycles. The van der Waals surface area contributed by atoms with Gasteiger partial charge in [0.25, 0.3) is 0 Å². The average Bonchev–Trinajstić information content (AvgIpc) is 2.16. The Morgan fingerprint density at radius 3 is 2.22 bits per heavy atom. The van der Waals surface area contributed by atoms with Gasteiger partial charge in [0.1, 0.15) is 11.6 Å². The van der Waals surface area contributed by atoms with E-state index in [2.05, 4.69) is 43.2 Å². The normalized spacial score (nSPS) is 22.7. The molecule has 100 valence electrons. The van der Waals surface area contributed by atoms with Crippen molar-refractivity contribution < 1.29 is 0 Å². The summed E-state index contributed by atoms with van der Waals surface area (Å²) < 4.78 is 0. The monoisotopic (exact) mass is 248 g/mol. The van der Waals surface area contributed by atoms with Crippen LogP contribution in [0.4, 0.5) is 11.6 Å². The minimum Gasteiger partial charge on any atom is -0.382 e. The lowest BCUT2D eigenvalue weighted by Crippen LogP contribution is -2.40. The second-order valence-corrected chi connectivity index (χ2v) is 7.10. The summed E-state index contributed by atoms with van der Waals surface area (Å²) >= 11 is 0. The summed E-state index contributed by atoms with van der Waals surface area (Å²) in [5, 5.41) is 11.5. The average molecular weight is 248 g/mol. The highest BCUT2D eigenvalue weighted by molar-refractivity contribution is 5.39. The Labute approximate surface area is 109 Å². The number of nitrogen functional groups attached to an aromatic ring is 1. The molecule has 4 nitrogen and oxygen atoms in total. The molecule has 1 aliphatic carbocycles. The van der Waals surface area contributed by atoms with Crippen LogP contribution in [0.1, 0.15) is 47.0 Å². The zero-order chi connectivity index (χ0) is 13.4. The largest absolute Gasteiger partial charge is 0.382 e. The van der Waals surface area contributed by atoms with Crippen LogP contribution in [-0.2, 0) is 0 Å². The van der Waals surface area contributed by atoms with Crippen molar-refractivity contribution in [3.05, 3.63) is 12.1 Å². The van der Waals surface area contributed by atoms with Gasteiger partial charge in [0.2, 0.25) is 0 Å². The molecule has 1 aromatic rings. The SMILES string of the molecule is CC1(C)CC(Nc2ccc(N)nn2)CC(C)(C)C1. The van der Waals surface area contributed by atoms with Crippen molar-refractivity contribution in [1.82, 2.24) is 10.2 Å². The van der Waals surface area contributed by atoms with Gasteiger partial charge in [-0.15, -0.1) is 10.2 Å². The summed E-state index contributed by atoms with van der Waals surface area (Å²) in [7, 11) is 0. The van der Waals surface area contributed by atoms with Crippen molar-refractivity contribution in [2.75, 3.05) is 11.1 Å². The standard InChI is InChI=1S/C14H24N4/c1-13(2)7-10(8-14(3,4)9-13)16-12-6-5-11(15)17-18-12/h5-6,10H,7-9H2,1-4H3,(H2,15,17)(H,16,18). The third-order valence-electron chi connectivity index (χ3n) is 3.59. The van der Waals surface area contributed by atoms with Crippen LogP contribution < -0.4 is 11.1 Å². The Hall–Kier alpha value is -1.32. The minimum atomic E-state index is 0.376. The van der Waals surface area contributed by atoms with Gasteiger partial charge in [-0.3, -0.25) is 0 Å². The number of hydrogen-bond acceptors (Lipinski definition) is 4. The van der Waals surface area contributed by atoms with E-state index in [1.165, 1.54) is 19.3 Å². The Morgan fingerprint density at radius 2 is 1.72 bits per heavy atom. The number of nitrogens with one attached hydrogen (secondary N) is 1. The van der Waals surface area contributed by atoms with Crippen LogP contribution in [0.3, 0.4) is 0 Å². The molecule has 0 amide bonds. The van der Waals surface area contributed by atoms with Gasteiger partial charge in [0.15, 0.2) is 0 Å². The first-order chi connectivity index (χ1) is 8.26. The maximum Gasteiger partial charge on any atom is 0.149 e. The van der Waals surface area contributed by atoms with E-state index in [1.807, 2.05) is 6.07 Å². The Morgan fingerprint density at radius 1 is 1.11 bits per heavy atom. The Kier molecular flexibility index (Phi) is 3.21. The third-order valence-corrected chi connectivity index (χ3v) is 3.59. The van der Waals surface area contributed by atoms with Gasteiger partial charge in [0.05, 0.1) is 0 Å². The molecule has 2 rings (SSSR count). The van der Waals surface area contributed by atoms with E-state index in [9.17, 15) is 0 Å². The predicted octanol–water partition coefficient (Wildman–Crippen LogP) is 3.08. The van der Waals surface area contributed by atoms with Crippen molar-refractivity contribution in [2.24, 2.45) is 10.8 Å². The summed E-state index contributed by atoms with van der Waals surface area (Å²) in [4.78, 5) is 0. The summed E-state index contributed by atoms with van der Waals surface area (Å²) in [6, 6.07) is 4.15. The van der Waals surface area contributed by atoms with E-state index in [1.54, 1.807) is 6.07 Å². The molecule has 0 bridgehead atoms. The van der Waals surface area contributed by atoms with Crippen LogP contribution in [0, 0.1) is 10.8 Å². The van der Waals surface area contributed by atoms with Crippen molar-refractivity contribution in [3.8, 4) is 0 Å². The maximum absolute atomic E-state index is 5.54. The molecule has 1 saturated carbocycles. The van der Waals surface area contributed by atoms with Crippen LogP contribution in [0.15, 0.2) is 12.1 Å². The first kappa shape index (κ1) is 13.1. The zero-order valence-corrected chi connectivity index (χ0v) is 11.8. The second-order valence-electron chi connectivity index (χ2n) is 7.10. The van der Waals surface area contributed by atoms with Crippen LogP contribution in [-0.4, -0.2) is 16.2 Å². The van der Waals surface area contributed by atoms with Crippen molar-refractivity contribution >= 4 is 11.6 Å². The number of anilines is 2. The topological polar surface area (TPSA) is 63.8 Å². The molecule has 0 spiro atoms. The van der Waals surface area contributed by atoms with Gasteiger partial charge in [-0.2, -0.15) is 0 Å². The van der Waals surface area contributed by atoms with Gasteiger partial charge in [0, 0.05) is 6.04 Å². The van der Waals surface area contributed by atoms with Gasteiger partial charge in [-0.25, -0.2) is 0 Å². The van der Waals surface area contributed by atoms with Gasteiger partial charge in [-0.05, 0) is 42.2 Å². The number of rotatable bonds is 2. The van der Waals surface area contributed by atoms with Gasteiger partial charge in [-0.1, -0.05) is 27.7 Å². The molecule has 1 aliphatic rings. The molecular formula is C14H24N4. The van der Waals surface area contributed by atoms with Crippen molar-refractivity contribution in [1.29, 1.82) is 0 Å². The van der Waals surface area contributed by atoms with E-state index >= 15 is 0 Å². The molecule has 0 saturated heterocycles. The summed E-state index contributed by atoms with van der Waals surface area (Å²) in [5.74, 6) is 1.28. The van der Waals surface area contributed by atoms with Gasteiger partial charge < -0.3 is 11.1 Å². The molecule has 0 aliphatic heterocycles. The summed E-state index contributed by atoms with van der Waals surface area (Å²) in [5.41, 5.74) is 6.30. The van der Waals surface area contributed by atoms with E-state index in [0.717, 1.165) is 5.82 Å². The van der Waals surface area contributed by atoms with Crippen LogP contribution in [0.5, 0.6) is 0 Å². The fraction of sp³-hybridized carbons (Fsp3) is 0.714. The summed E-state index contributed by atoms with van der Waals surface area (Å²) in [6.45, 7) is 9.38. The number of nitrogens with two attached hydrogens (primary N) is 1. The Balaban J connectivity index is 2.07. The minimum absolute atomic E-state index is 0.376. The van der Waals surface area contributed by atoms with E-state index < -0.39 is 0 Å². The van der Waals surface area contributed by atoms with Crippen LogP contribution >= 0.6 is 0 Å². The molecule has 0 radical (unpaired) electrons. The molecule has 18 heavy (non-hydrogen) atoms. The molecule has 0 unspecified atom stereocenters. The van der Waals surface area contributed by atoms with Crippen molar-refractivity contribution in [2.45, 2.75) is 53.0 Å². The molecule has 4 heteroatoms. The summed E-state index contributed by atoms with van der Waals surface area (Å²) in [6.07, 6.45) is 3.61. The molecule has 1 fully saturated rings. The van der Waals surface area contributed by atoms with Crippen LogP contribution in [0.25, 0.3) is 0 Å². The van der Waals surface area contributed by atoms with Crippen molar-refractivity contribution in [3.63, 3.8) is 0 Å². The van der Waals surface area contributed by atoms with Crippen LogP contribution in [0.2, 0.25) is 0 Å². The predicted molar refractivity (Wildman–Crippen MR) is 75.3 cm³/mol. The molecule has 3 N–H and O–H groups in total. The highest BCUT2D eigenvalue weighted by atomic mass is 15.2. The lowest BCUT2D eigenvalue weighted by molar-refractivity contribution is 0.105. The maximum atomic E-state index is 5.54. The highest BCUT2D eigenvalue weighted by Gasteiger charge is 2.38. The molecule has 0 atom stereocenters. The molecule has 1 aromatic heterocycles. The number of hydrogen-bond donors (Lipinski definition) is 2. The smallest absolute Gasteiger partial charge is 0.149 e. The first-order valence-electron chi connectivity index (χ1n) is 6.62. The first-order valence-corrected chi connectivity index (χ1v) is 6.62. The molecular weight excluding hydrogens is 224 g/mol. The second kappa shape index (κ2) is 4.41. The lowest BCUT2D eigenvalue weighted by Gasteiger charge is -2.45. The number of aromatic nitrogens is 2. The zero-order valence-electron chi connectivity index (χ0n) is 11.8. The quantitative estimate of drug-likeness (QED) is 0.844. The fourth-order valence-corrected chi connectivity index (χ4v) is 3.58. The van der Waals surface area contributed by atoms with Gasteiger partial charge >= 0.3 is 0 Å². The van der Waals surface area contributed by atoms with E-state index in [0.29, 0.717) is 22.7 Å². The van der Waals surface area contributed by atoms with E-state index in [-0.39, 0.29) is 0 Å². The third kappa shape index (κ3) is 3.34. The van der Waals surface area contributed by atoms with E-state index in [4.69, 9.17) is 5.73 Å². The number of nitrogens with zero attached hydrogens (tertiary/aromatic N) is 2. The Bertz CT molecular complexity index is 392. The fourth-order valence-electron chi connectivity index (χ4n) is 3.58. The lowest BCUT2D eigenvalue weighted by atomic mass is 9.63. The molecule has 0 aromatic carbocycles.